The second kappa shape index (κ2) is 6.65. The fourth-order valence-corrected chi connectivity index (χ4v) is 6.01. The molecule has 0 fully saturated rings. The molecule has 0 aromatic heterocycles. The zero-order valence-electron chi connectivity index (χ0n) is 15.6. The normalized spacial score (nSPS) is 22.1. The molecule has 0 N–H and O–H groups in total. The van der Waals surface area contributed by atoms with Crippen LogP contribution in [0.5, 0.6) is 0 Å². The third-order valence-electron chi connectivity index (χ3n) is 6.35. The molecule has 0 spiro atoms. The molecule has 2 aliphatic carbocycles. The monoisotopic (exact) mass is 402 g/mol. The van der Waals surface area contributed by atoms with E-state index in [4.69, 9.17) is 23.2 Å². The van der Waals surface area contributed by atoms with Gasteiger partial charge in [0, 0.05) is 27.3 Å². The predicted molar refractivity (Wildman–Crippen MR) is 120 cm³/mol. The minimum atomic E-state index is -0.318. The van der Waals surface area contributed by atoms with E-state index in [1.54, 1.807) is 0 Å². The van der Waals surface area contributed by atoms with Crippen molar-refractivity contribution in [3.63, 3.8) is 0 Å². The predicted octanol–water partition coefficient (Wildman–Crippen LogP) is 7.70. The van der Waals surface area contributed by atoms with Crippen LogP contribution in [0.25, 0.3) is 12.2 Å². The second-order valence-electron chi connectivity index (χ2n) is 7.83. The van der Waals surface area contributed by atoms with Gasteiger partial charge in [-0.05, 0) is 40.0 Å². The molecule has 138 valence electrons. The van der Waals surface area contributed by atoms with Gasteiger partial charge >= 0.3 is 0 Å². The van der Waals surface area contributed by atoms with Gasteiger partial charge in [0.25, 0.3) is 0 Å². The highest BCUT2D eigenvalue weighted by Gasteiger charge is 2.50. The quantitative estimate of drug-likeness (QED) is 0.420. The van der Waals surface area contributed by atoms with Crippen LogP contribution >= 0.6 is 23.2 Å². The van der Waals surface area contributed by atoms with Crippen LogP contribution in [0, 0.1) is 0 Å². The average molecular weight is 403 g/mol. The molecule has 0 radical (unpaired) electrons. The second-order valence-corrected chi connectivity index (χ2v) is 8.70. The van der Waals surface area contributed by atoms with Crippen molar-refractivity contribution in [1.82, 2.24) is 0 Å². The van der Waals surface area contributed by atoms with Crippen LogP contribution in [0.15, 0.2) is 88.9 Å². The van der Waals surface area contributed by atoms with Crippen LogP contribution < -0.4 is 0 Å². The highest BCUT2D eigenvalue weighted by molar-refractivity contribution is 6.34. The van der Waals surface area contributed by atoms with E-state index >= 15 is 0 Å². The summed E-state index contributed by atoms with van der Waals surface area (Å²) in [5, 5.41) is 1.75. The van der Waals surface area contributed by atoms with E-state index in [1.807, 2.05) is 0 Å². The Morgan fingerprint density at radius 1 is 0.607 bits per heavy atom. The first-order valence-corrected chi connectivity index (χ1v) is 10.3. The van der Waals surface area contributed by atoms with Crippen molar-refractivity contribution in [1.29, 1.82) is 0 Å². The number of halogens is 2. The Balaban J connectivity index is 1.78. The minimum Gasteiger partial charge on any atom is -0.0884 e. The number of hydrogen-bond acceptors (Lipinski definition) is 0. The van der Waals surface area contributed by atoms with Crippen LogP contribution in [-0.2, 0) is 5.41 Å². The Bertz CT molecular complexity index is 1040. The lowest BCUT2D eigenvalue weighted by atomic mass is 9.61. The van der Waals surface area contributed by atoms with Crippen molar-refractivity contribution >= 4 is 35.4 Å². The fourth-order valence-electron chi connectivity index (χ4n) is 5.09. The van der Waals surface area contributed by atoms with Crippen molar-refractivity contribution in [2.75, 3.05) is 0 Å². The Labute approximate surface area is 176 Å². The standard InChI is InChI=1S/C26H20Cl2/c1-26(19-11-3-2-4-12-19,24-20-13-7-5-9-17(20)15-22(24)27)25-21-14-8-6-10-18(21)16-23(25)28/h2-16,24-25H,1H3. The summed E-state index contributed by atoms with van der Waals surface area (Å²) in [6.07, 6.45) is 4.22. The van der Waals surface area contributed by atoms with Crippen molar-refractivity contribution < 1.29 is 0 Å². The molecule has 5 rings (SSSR count). The molecule has 0 aliphatic heterocycles. The Kier molecular flexibility index (Phi) is 4.23. The van der Waals surface area contributed by atoms with Gasteiger partial charge in [0.05, 0.1) is 0 Å². The van der Waals surface area contributed by atoms with Gasteiger partial charge in [-0.3, -0.25) is 0 Å². The molecule has 2 atom stereocenters. The van der Waals surface area contributed by atoms with E-state index in [-0.39, 0.29) is 17.3 Å². The van der Waals surface area contributed by atoms with Crippen molar-refractivity contribution in [2.45, 2.75) is 24.2 Å². The Morgan fingerprint density at radius 2 is 1.04 bits per heavy atom. The lowest BCUT2D eigenvalue weighted by Crippen LogP contribution is -2.36. The molecule has 3 aromatic rings. The summed E-state index contributed by atoms with van der Waals surface area (Å²) in [5.41, 5.74) is 5.87. The van der Waals surface area contributed by atoms with Crippen LogP contribution in [0.2, 0.25) is 0 Å². The van der Waals surface area contributed by atoms with Crippen LogP contribution in [0.3, 0.4) is 0 Å². The summed E-state index contributed by atoms with van der Waals surface area (Å²) in [6, 6.07) is 27.7. The summed E-state index contributed by atoms with van der Waals surface area (Å²) in [5.74, 6) is 0.0946. The van der Waals surface area contributed by atoms with E-state index in [1.165, 1.54) is 27.8 Å². The topological polar surface area (TPSA) is 0 Å². The van der Waals surface area contributed by atoms with E-state index < -0.39 is 0 Å². The van der Waals surface area contributed by atoms with E-state index in [0.717, 1.165) is 10.1 Å². The third kappa shape index (κ3) is 2.52. The number of allylic oxidation sites excluding steroid dienone is 2. The maximum absolute atomic E-state index is 6.93. The molecule has 0 amide bonds. The highest BCUT2D eigenvalue weighted by atomic mass is 35.5. The first-order valence-electron chi connectivity index (χ1n) is 9.58. The van der Waals surface area contributed by atoms with Gasteiger partial charge < -0.3 is 0 Å². The molecule has 0 nitrogen and oxygen atoms in total. The summed E-state index contributed by atoms with van der Waals surface area (Å²) in [7, 11) is 0. The molecule has 0 heterocycles. The smallest absolute Gasteiger partial charge is 0.0307 e. The molecule has 2 aliphatic rings. The third-order valence-corrected chi connectivity index (χ3v) is 7.00. The molecule has 0 saturated heterocycles. The van der Waals surface area contributed by atoms with Gasteiger partial charge in [-0.15, -0.1) is 0 Å². The lowest BCUT2D eigenvalue weighted by molar-refractivity contribution is 0.379. The summed E-state index contributed by atoms with van der Waals surface area (Å²) >= 11 is 13.9. The zero-order chi connectivity index (χ0) is 19.3. The molecule has 2 heteroatoms. The molecule has 0 saturated carbocycles. The Morgan fingerprint density at radius 3 is 1.54 bits per heavy atom. The summed E-state index contributed by atoms with van der Waals surface area (Å²) in [6.45, 7) is 2.31. The number of fused-ring (bicyclic) bond motifs is 2. The zero-order valence-corrected chi connectivity index (χ0v) is 17.1. The first-order chi connectivity index (χ1) is 13.6. The average Bonchev–Trinajstić information content (AvgIpc) is 3.24. The largest absolute Gasteiger partial charge is 0.0884 e. The van der Waals surface area contributed by atoms with Gasteiger partial charge in [-0.1, -0.05) is 109 Å². The first kappa shape index (κ1) is 17.8. The number of rotatable bonds is 3. The number of hydrogen-bond donors (Lipinski definition) is 0. The molecule has 2 unspecified atom stereocenters. The summed E-state index contributed by atoms with van der Waals surface area (Å²) in [4.78, 5) is 0. The van der Waals surface area contributed by atoms with Crippen molar-refractivity contribution in [3.8, 4) is 0 Å². The molecule has 28 heavy (non-hydrogen) atoms. The van der Waals surface area contributed by atoms with Crippen molar-refractivity contribution in [3.05, 3.63) is 117 Å². The van der Waals surface area contributed by atoms with E-state index in [2.05, 4.69) is 97.9 Å². The van der Waals surface area contributed by atoms with Crippen LogP contribution in [0.4, 0.5) is 0 Å². The van der Waals surface area contributed by atoms with Crippen LogP contribution in [0.1, 0.15) is 46.6 Å². The van der Waals surface area contributed by atoms with Gasteiger partial charge in [0.15, 0.2) is 0 Å². The van der Waals surface area contributed by atoms with Gasteiger partial charge in [0.1, 0.15) is 0 Å². The number of benzene rings is 3. The molecule has 0 bridgehead atoms. The fraction of sp³-hybridized carbons (Fsp3) is 0.154. The maximum atomic E-state index is 6.93. The maximum Gasteiger partial charge on any atom is 0.0307 e. The molecular weight excluding hydrogens is 383 g/mol. The molecule has 3 aromatic carbocycles. The highest BCUT2D eigenvalue weighted by Crippen LogP contribution is 2.60. The SMILES string of the molecule is CC(c1ccccc1)(C1C(Cl)=Cc2ccccc21)C1C(Cl)=Cc2ccccc21. The molecular formula is C26H20Cl2. The summed E-state index contributed by atoms with van der Waals surface area (Å²) < 4.78 is 0. The minimum absolute atomic E-state index is 0.0473. The van der Waals surface area contributed by atoms with Gasteiger partial charge in [0.2, 0.25) is 0 Å². The van der Waals surface area contributed by atoms with E-state index in [0.29, 0.717) is 0 Å². The van der Waals surface area contributed by atoms with Crippen molar-refractivity contribution in [2.24, 2.45) is 0 Å². The van der Waals surface area contributed by atoms with Gasteiger partial charge in [-0.25, -0.2) is 0 Å². The lowest BCUT2D eigenvalue weighted by Gasteiger charge is -2.43. The van der Waals surface area contributed by atoms with Gasteiger partial charge in [-0.2, -0.15) is 0 Å². The Hall–Kier alpha value is -2.28. The van der Waals surface area contributed by atoms with Crippen LogP contribution in [-0.4, -0.2) is 0 Å². The van der Waals surface area contributed by atoms with E-state index in [9.17, 15) is 0 Å².